The predicted molar refractivity (Wildman–Crippen MR) is 110 cm³/mol. The summed E-state index contributed by atoms with van der Waals surface area (Å²) in [5.41, 5.74) is 2.09. The van der Waals surface area contributed by atoms with Gasteiger partial charge < -0.3 is 4.90 Å². The number of nitrogens with one attached hydrogen (secondary N) is 1. The number of likely N-dealkylation sites (tertiary alicyclic amines) is 1. The molecule has 1 heterocycles. The molecule has 1 amide bonds. The number of carbonyl (C=O) groups excluding carboxylic acids is 1. The molecule has 1 N–H and O–H groups in total. The van der Waals surface area contributed by atoms with Crippen LogP contribution >= 0.6 is 0 Å². The molecular weight excluding hydrogens is 410 g/mol. The Morgan fingerprint density at radius 1 is 1.13 bits per heavy atom. The first-order chi connectivity index (χ1) is 14.2. The van der Waals surface area contributed by atoms with Crippen LogP contribution in [-0.2, 0) is 14.8 Å². The normalized spacial score (nSPS) is 24.0. The van der Waals surface area contributed by atoms with E-state index in [1.165, 1.54) is 12.1 Å². The molecule has 2 aliphatic rings. The lowest BCUT2D eigenvalue weighted by atomic mass is 9.95. The second kappa shape index (κ2) is 8.07. The van der Waals surface area contributed by atoms with Gasteiger partial charge in [0, 0.05) is 31.1 Å². The van der Waals surface area contributed by atoms with Gasteiger partial charge in [-0.3, -0.25) is 4.79 Å². The van der Waals surface area contributed by atoms with E-state index in [0.29, 0.717) is 31.5 Å². The summed E-state index contributed by atoms with van der Waals surface area (Å²) in [6.07, 6.45) is 3.25. The second-order valence-electron chi connectivity index (χ2n) is 8.21. The number of halogens is 2. The Morgan fingerprint density at radius 3 is 2.53 bits per heavy atom. The molecule has 2 aromatic carbocycles. The zero-order valence-electron chi connectivity index (χ0n) is 16.6. The molecule has 160 valence electrons. The van der Waals surface area contributed by atoms with Crippen molar-refractivity contribution in [2.24, 2.45) is 5.92 Å². The van der Waals surface area contributed by atoms with Crippen molar-refractivity contribution in [2.75, 3.05) is 19.3 Å². The third-order valence-electron chi connectivity index (χ3n) is 5.76. The average molecular weight is 435 g/mol. The molecule has 5 nitrogen and oxygen atoms in total. The Kier molecular flexibility index (Phi) is 5.63. The third-order valence-corrected chi connectivity index (χ3v) is 6.52. The van der Waals surface area contributed by atoms with Gasteiger partial charge in [-0.05, 0) is 54.0 Å². The Morgan fingerprint density at radius 2 is 1.83 bits per heavy atom. The molecule has 2 fully saturated rings. The van der Waals surface area contributed by atoms with Crippen LogP contribution in [0.4, 0.5) is 8.78 Å². The summed E-state index contributed by atoms with van der Waals surface area (Å²) >= 11 is 0. The number of piperidine rings is 1. The van der Waals surface area contributed by atoms with Gasteiger partial charge in [0.25, 0.3) is 0 Å². The van der Waals surface area contributed by atoms with Gasteiger partial charge in [-0.1, -0.05) is 24.3 Å². The summed E-state index contributed by atoms with van der Waals surface area (Å²) in [6.45, 7) is 0.979. The van der Waals surface area contributed by atoms with Gasteiger partial charge in [0.2, 0.25) is 15.9 Å². The predicted octanol–water partition coefficient (Wildman–Crippen LogP) is 3.28. The van der Waals surface area contributed by atoms with Crippen molar-refractivity contribution in [3.05, 3.63) is 59.7 Å². The van der Waals surface area contributed by atoms with Crippen LogP contribution < -0.4 is 4.72 Å². The number of hydrogen-bond donors (Lipinski definition) is 1. The zero-order chi connectivity index (χ0) is 21.5. The number of hydrogen-bond acceptors (Lipinski definition) is 3. The fourth-order valence-corrected chi connectivity index (χ4v) is 5.21. The van der Waals surface area contributed by atoms with Crippen LogP contribution in [0.15, 0.2) is 42.5 Å². The van der Waals surface area contributed by atoms with Gasteiger partial charge in [-0.15, -0.1) is 0 Å². The highest BCUT2D eigenvalue weighted by Gasteiger charge is 2.47. The molecule has 1 aliphatic carbocycles. The van der Waals surface area contributed by atoms with Crippen molar-refractivity contribution in [1.29, 1.82) is 0 Å². The smallest absolute Gasteiger partial charge is 0.226 e. The number of sulfonamides is 1. The molecule has 1 saturated carbocycles. The number of benzene rings is 2. The van der Waals surface area contributed by atoms with Crippen molar-refractivity contribution in [2.45, 2.75) is 31.2 Å². The van der Waals surface area contributed by atoms with E-state index in [0.717, 1.165) is 29.9 Å². The molecular formula is C22H24F2N2O3S. The van der Waals surface area contributed by atoms with Crippen molar-refractivity contribution in [3.8, 4) is 11.1 Å². The summed E-state index contributed by atoms with van der Waals surface area (Å²) < 4.78 is 53.0. The first-order valence-corrected chi connectivity index (χ1v) is 11.9. The van der Waals surface area contributed by atoms with Crippen LogP contribution in [0.3, 0.4) is 0 Å². The lowest BCUT2D eigenvalue weighted by Gasteiger charge is -2.33. The Bertz CT molecular complexity index is 1050. The van der Waals surface area contributed by atoms with Crippen molar-refractivity contribution >= 4 is 15.9 Å². The minimum atomic E-state index is -3.32. The van der Waals surface area contributed by atoms with E-state index in [-0.39, 0.29) is 23.8 Å². The minimum absolute atomic E-state index is 0.0109. The highest BCUT2D eigenvalue weighted by atomic mass is 32.2. The first-order valence-electron chi connectivity index (χ1n) is 10.0. The highest BCUT2D eigenvalue weighted by molar-refractivity contribution is 7.88. The van der Waals surface area contributed by atoms with Crippen LogP contribution in [0.25, 0.3) is 11.1 Å². The Hall–Kier alpha value is -2.32. The second-order valence-corrected chi connectivity index (χ2v) is 9.99. The molecule has 30 heavy (non-hydrogen) atoms. The summed E-state index contributed by atoms with van der Waals surface area (Å²) in [6, 6.07) is 10.6. The molecule has 0 radical (unpaired) electrons. The molecule has 1 saturated heterocycles. The maximum absolute atomic E-state index is 13.7. The third kappa shape index (κ3) is 4.70. The molecule has 3 atom stereocenters. The molecule has 0 unspecified atom stereocenters. The topological polar surface area (TPSA) is 66.5 Å². The average Bonchev–Trinajstić information content (AvgIpc) is 3.46. The van der Waals surface area contributed by atoms with Gasteiger partial charge in [-0.2, -0.15) is 0 Å². The first kappa shape index (κ1) is 20.9. The quantitative estimate of drug-likeness (QED) is 0.786. The van der Waals surface area contributed by atoms with Gasteiger partial charge in [-0.25, -0.2) is 21.9 Å². The number of amides is 1. The Balaban J connectivity index is 1.50. The van der Waals surface area contributed by atoms with Gasteiger partial charge >= 0.3 is 0 Å². The van der Waals surface area contributed by atoms with E-state index >= 15 is 0 Å². The van der Waals surface area contributed by atoms with Crippen molar-refractivity contribution in [1.82, 2.24) is 9.62 Å². The zero-order valence-corrected chi connectivity index (χ0v) is 17.5. The van der Waals surface area contributed by atoms with Crippen LogP contribution in [0.1, 0.15) is 30.7 Å². The maximum atomic E-state index is 13.7. The fraction of sp³-hybridized carbons (Fsp3) is 0.409. The van der Waals surface area contributed by atoms with E-state index < -0.39 is 21.7 Å². The maximum Gasteiger partial charge on any atom is 0.226 e. The number of carbonyl (C=O) groups is 1. The molecule has 0 spiro atoms. The van der Waals surface area contributed by atoms with E-state index in [1.54, 1.807) is 4.90 Å². The van der Waals surface area contributed by atoms with Crippen LogP contribution in [0.5, 0.6) is 0 Å². The standard InChI is InChI=1S/C22H24F2N2O3S/c1-30(28,29)25-17-5-4-8-26(13-17)22(27)21-12-20(21)19-7-3-2-6-18(19)14-9-15(23)11-16(24)10-14/h2-3,6-7,9-11,17,20-21,25H,4-5,8,12-13H2,1H3/t17-,20-,21+/m0/s1. The van der Waals surface area contributed by atoms with Crippen molar-refractivity contribution < 1.29 is 22.0 Å². The number of nitrogens with zero attached hydrogens (tertiary/aromatic N) is 1. The van der Waals surface area contributed by atoms with Gasteiger partial charge in [0.15, 0.2) is 0 Å². The van der Waals surface area contributed by atoms with E-state index in [4.69, 9.17) is 0 Å². The number of rotatable bonds is 5. The molecule has 4 rings (SSSR count). The van der Waals surface area contributed by atoms with E-state index in [1.807, 2.05) is 24.3 Å². The van der Waals surface area contributed by atoms with E-state index in [2.05, 4.69) is 4.72 Å². The van der Waals surface area contributed by atoms with Crippen LogP contribution in [-0.4, -0.2) is 44.6 Å². The Labute approximate surface area is 175 Å². The summed E-state index contributed by atoms with van der Waals surface area (Å²) in [5.74, 6) is -1.47. The minimum Gasteiger partial charge on any atom is -0.341 e. The van der Waals surface area contributed by atoms with Gasteiger partial charge in [0.05, 0.1) is 6.26 Å². The molecule has 2 aromatic rings. The van der Waals surface area contributed by atoms with Crippen LogP contribution in [0.2, 0.25) is 0 Å². The van der Waals surface area contributed by atoms with Gasteiger partial charge in [0.1, 0.15) is 11.6 Å². The monoisotopic (exact) mass is 434 g/mol. The molecule has 8 heteroatoms. The highest BCUT2D eigenvalue weighted by Crippen LogP contribution is 2.51. The lowest BCUT2D eigenvalue weighted by molar-refractivity contribution is -0.133. The molecule has 0 bridgehead atoms. The summed E-state index contributed by atoms with van der Waals surface area (Å²) in [7, 11) is -3.32. The molecule has 1 aliphatic heterocycles. The fourth-order valence-electron chi connectivity index (χ4n) is 4.41. The SMILES string of the molecule is CS(=O)(=O)N[C@H]1CCCN(C(=O)[C@@H]2C[C@H]2c2ccccc2-c2cc(F)cc(F)c2)C1. The summed E-state index contributed by atoms with van der Waals surface area (Å²) in [5, 5.41) is 0. The summed E-state index contributed by atoms with van der Waals surface area (Å²) in [4.78, 5) is 14.8. The molecule has 0 aromatic heterocycles. The van der Waals surface area contributed by atoms with Crippen LogP contribution in [0, 0.1) is 17.6 Å². The largest absolute Gasteiger partial charge is 0.341 e. The van der Waals surface area contributed by atoms with Crippen molar-refractivity contribution in [3.63, 3.8) is 0 Å². The lowest BCUT2D eigenvalue weighted by Crippen LogP contribution is -2.49. The van der Waals surface area contributed by atoms with E-state index in [9.17, 15) is 22.0 Å².